The molecule has 1 heteroatoms. The molecule has 15 heavy (non-hydrogen) atoms. The molecule has 1 rings (SSSR count). The van der Waals surface area contributed by atoms with Gasteiger partial charge in [-0.25, -0.2) is 0 Å². The van der Waals surface area contributed by atoms with Gasteiger partial charge in [-0.1, -0.05) is 46.5 Å². The van der Waals surface area contributed by atoms with Crippen molar-refractivity contribution in [1.29, 1.82) is 0 Å². The smallest absolute Gasteiger partial charge is 0.0121 e. The summed E-state index contributed by atoms with van der Waals surface area (Å²) in [5.41, 5.74) is 0.654. The zero-order valence-electron chi connectivity index (χ0n) is 10.9. The van der Waals surface area contributed by atoms with E-state index in [2.05, 4.69) is 26.1 Å². The van der Waals surface area contributed by atoms with Crippen LogP contribution in [-0.2, 0) is 0 Å². The molecule has 0 aromatic carbocycles. The van der Waals surface area contributed by atoms with Crippen molar-refractivity contribution in [3.63, 3.8) is 0 Å². The van der Waals surface area contributed by atoms with Gasteiger partial charge in [0.25, 0.3) is 0 Å². The quantitative estimate of drug-likeness (QED) is 0.566. The lowest BCUT2D eigenvalue weighted by atomic mass is 9.93. The van der Waals surface area contributed by atoms with Crippen molar-refractivity contribution < 1.29 is 0 Å². The van der Waals surface area contributed by atoms with Crippen LogP contribution in [0.5, 0.6) is 0 Å². The van der Waals surface area contributed by atoms with Crippen LogP contribution in [0.3, 0.4) is 0 Å². The average Bonchev–Trinajstić information content (AvgIpc) is 2.96. The largest absolute Gasteiger partial charge is 0.313 e. The second-order valence-electron chi connectivity index (χ2n) is 5.51. The van der Waals surface area contributed by atoms with E-state index in [0.29, 0.717) is 5.41 Å². The predicted octanol–water partition coefficient (Wildman–Crippen LogP) is 4.13. The third-order valence-electron chi connectivity index (χ3n) is 3.87. The first-order chi connectivity index (χ1) is 7.23. The summed E-state index contributed by atoms with van der Waals surface area (Å²) in [6.45, 7) is 8.21. The highest BCUT2D eigenvalue weighted by molar-refractivity contribution is 4.98. The van der Waals surface area contributed by atoms with Crippen LogP contribution >= 0.6 is 0 Å². The van der Waals surface area contributed by atoms with Crippen molar-refractivity contribution in [3.8, 4) is 0 Å². The van der Waals surface area contributed by atoms with E-state index in [1.807, 2.05) is 0 Å². The monoisotopic (exact) mass is 211 g/mol. The van der Waals surface area contributed by atoms with Gasteiger partial charge >= 0.3 is 0 Å². The molecule has 0 aromatic rings. The summed E-state index contributed by atoms with van der Waals surface area (Å²) < 4.78 is 0. The molecule has 1 fully saturated rings. The summed E-state index contributed by atoms with van der Waals surface area (Å²) >= 11 is 0. The van der Waals surface area contributed by atoms with Gasteiger partial charge in [-0.05, 0) is 37.6 Å². The molecule has 0 spiro atoms. The van der Waals surface area contributed by atoms with Crippen molar-refractivity contribution in [3.05, 3.63) is 0 Å². The molecular weight excluding hydrogens is 182 g/mol. The van der Waals surface area contributed by atoms with Crippen LogP contribution in [-0.4, -0.2) is 12.6 Å². The lowest BCUT2D eigenvalue weighted by Crippen LogP contribution is -2.36. The summed E-state index contributed by atoms with van der Waals surface area (Å²) in [5.74, 6) is 0. The van der Waals surface area contributed by atoms with Crippen molar-refractivity contribution >= 4 is 0 Å². The van der Waals surface area contributed by atoms with Gasteiger partial charge in [-0.3, -0.25) is 0 Å². The van der Waals surface area contributed by atoms with Gasteiger partial charge in [0.15, 0.2) is 0 Å². The molecule has 1 N–H and O–H groups in total. The number of unbranched alkanes of at least 4 members (excludes halogenated alkanes) is 3. The Kier molecular flexibility index (Phi) is 5.66. The molecule has 1 nitrogen and oxygen atoms in total. The fraction of sp³-hybridized carbons (Fsp3) is 1.00. The second kappa shape index (κ2) is 6.52. The van der Waals surface area contributed by atoms with Crippen LogP contribution < -0.4 is 5.32 Å². The Morgan fingerprint density at radius 3 is 2.33 bits per heavy atom. The molecule has 1 atom stereocenters. The summed E-state index contributed by atoms with van der Waals surface area (Å²) in [7, 11) is 0. The molecule has 0 heterocycles. The molecule has 1 aliphatic rings. The SMILES string of the molecule is CCCCCCC(NCCC)C1(C)CC1. The van der Waals surface area contributed by atoms with E-state index >= 15 is 0 Å². The van der Waals surface area contributed by atoms with Crippen molar-refractivity contribution in [2.24, 2.45) is 5.41 Å². The minimum Gasteiger partial charge on any atom is -0.313 e. The van der Waals surface area contributed by atoms with Gasteiger partial charge in [-0.15, -0.1) is 0 Å². The van der Waals surface area contributed by atoms with Gasteiger partial charge < -0.3 is 5.32 Å². The Bertz CT molecular complexity index is 161. The third kappa shape index (κ3) is 4.55. The van der Waals surface area contributed by atoms with Gasteiger partial charge in [0, 0.05) is 6.04 Å². The van der Waals surface area contributed by atoms with E-state index in [1.54, 1.807) is 0 Å². The van der Waals surface area contributed by atoms with Crippen LogP contribution in [0, 0.1) is 5.41 Å². The van der Waals surface area contributed by atoms with E-state index in [4.69, 9.17) is 0 Å². The number of nitrogens with one attached hydrogen (secondary N) is 1. The molecule has 0 saturated heterocycles. The molecule has 0 radical (unpaired) electrons. The average molecular weight is 211 g/mol. The molecule has 1 aliphatic carbocycles. The van der Waals surface area contributed by atoms with Crippen LogP contribution in [0.15, 0.2) is 0 Å². The Labute approximate surface area is 96.0 Å². The Hall–Kier alpha value is -0.0400. The second-order valence-corrected chi connectivity index (χ2v) is 5.51. The minimum atomic E-state index is 0.654. The summed E-state index contributed by atoms with van der Waals surface area (Å²) in [5, 5.41) is 3.75. The van der Waals surface area contributed by atoms with Gasteiger partial charge in [0.2, 0.25) is 0 Å². The number of rotatable bonds is 9. The molecule has 1 saturated carbocycles. The minimum absolute atomic E-state index is 0.654. The van der Waals surface area contributed by atoms with Gasteiger partial charge in [0.05, 0.1) is 0 Å². The van der Waals surface area contributed by atoms with E-state index in [9.17, 15) is 0 Å². The van der Waals surface area contributed by atoms with Crippen LogP contribution in [0.1, 0.15) is 72.1 Å². The Balaban J connectivity index is 2.17. The van der Waals surface area contributed by atoms with Crippen molar-refractivity contribution in [2.75, 3.05) is 6.54 Å². The fourth-order valence-electron chi connectivity index (χ4n) is 2.34. The molecule has 0 aromatic heterocycles. The van der Waals surface area contributed by atoms with Crippen LogP contribution in [0.4, 0.5) is 0 Å². The maximum Gasteiger partial charge on any atom is 0.0121 e. The standard InChI is InChI=1S/C14H29N/c1-4-6-7-8-9-13(15-12-5-2)14(3)10-11-14/h13,15H,4-12H2,1-3H3. The van der Waals surface area contributed by atoms with E-state index in [1.165, 1.54) is 57.9 Å². The zero-order chi connectivity index (χ0) is 11.1. The Morgan fingerprint density at radius 2 is 1.80 bits per heavy atom. The number of hydrogen-bond donors (Lipinski definition) is 1. The first kappa shape index (κ1) is 13.0. The van der Waals surface area contributed by atoms with E-state index in [0.717, 1.165) is 6.04 Å². The molecule has 90 valence electrons. The van der Waals surface area contributed by atoms with E-state index < -0.39 is 0 Å². The third-order valence-corrected chi connectivity index (χ3v) is 3.87. The Morgan fingerprint density at radius 1 is 1.07 bits per heavy atom. The molecule has 0 aliphatic heterocycles. The molecule has 0 bridgehead atoms. The topological polar surface area (TPSA) is 12.0 Å². The summed E-state index contributed by atoms with van der Waals surface area (Å²) in [6.07, 6.45) is 11.2. The molecule has 1 unspecified atom stereocenters. The fourth-order valence-corrected chi connectivity index (χ4v) is 2.34. The normalized spacial score (nSPS) is 20.2. The summed E-state index contributed by atoms with van der Waals surface area (Å²) in [6, 6.07) is 0.800. The van der Waals surface area contributed by atoms with Gasteiger partial charge in [-0.2, -0.15) is 0 Å². The lowest BCUT2D eigenvalue weighted by Gasteiger charge is -2.25. The molecular formula is C14H29N. The first-order valence-electron chi connectivity index (χ1n) is 6.96. The van der Waals surface area contributed by atoms with Gasteiger partial charge in [0.1, 0.15) is 0 Å². The zero-order valence-corrected chi connectivity index (χ0v) is 10.9. The first-order valence-corrected chi connectivity index (χ1v) is 6.96. The number of hydrogen-bond acceptors (Lipinski definition) is 1. The van der Waals surface area contributed by atoms with Crippen LogP contribution in [0.25, 0.3) is 0 Å². The van der Waals surface area contributed by atoms with Crippen molar-refractivity contribution in [1.82, 2.24) is 5.32 Å². The van der Waals surface area contributed by atoms with Crippen molar-refractivity contribution in [2.45, 2.75) is 78.2 Å². The summed E-state index contributed by atoms with van der Waals surface area (Å²) in [4.78, 5) is 0. The maximum absolute atomic E-state index is 3.75. The highest BCUT2D eigenvalue weighted by Crippen LogP contribution is 2.49. The highest BCUT2D eigenvalue weighted by atomic mass is 14.9. The predicted molar refractivity (Wildman–Crippen MR) is 68.2 cm³/mol. The molecule has 0 amide bonds. The highest BCUT2D eigenvalue weighted by Gasteiger charge is 2.43. The maximum atomic E-state index is 3.75. The lowest BCUT2D eigenvalue weighted by molar-refractivity contribution is 0.327. The van der Waals surface area contributed by atoms with E-state index in [-0.39, 0.29) is 0 Å². The van der Waals surface area contributed by atoms with Crippen LogP contribution in [0.2, 0.25) is 0 Å².